The van der Waals surface area contributed by atoms with Crippen molar-refractivity contribution in [3.8, 4) is 0 Å². The number of nitrogens with zero attached hydrogens (tertiary/aromatic N) is 1. The molecule has 1 heterocycles. The molecule has 0 saturated carbocycles. The highest BCUT2D eigenvalue weighted by molar-refractivity contribution is 5.14. The van der Waals surface area contributed by atoms with Crippen molar-refractivity contribution in [1.29, 1.82) is 0 Å². The van der Waals surface area contributed by atoms with Crippen LogP contribution < -0.4 is 5.56 Å². The Labute approximate surface area is 85.3 Å². The van der Waals surface area contributed by atoms with Gasteiger partial charge in [0.2, 0.25) is 0 Å². The first-order valence-electron chi connectivity index (χ1n) is 4.43. The van der Waals surface area contributed by atoms with E-state index in [1.165, 1.54) is 0 Å². The van der Waals surface area contributed by atoms with Crippen molar-refractivity contribution in [2.45, 2.75) is 32.5 Å². The van der Waals surface area contributed by atoms with Crippen molar-refractivity contribution >= 4 is 0 Å². The molecule has 0 aliphatic carbocycles. The number of hydrogen-bond donors (Lipinski definition) is 0. The summed E-state index contributed by atoms with van der Waals surface area (Å²) in [5.74, 6) is 0. The molecule has 84 valence electrons. The van der Waals surface area contributed by atoms with Crippen LogP contribution in [0.2, 0.25) is 0 Å². The van der Waals surface area contributed by atoms with Crippen molar-refractivity contribution in [1.82, 2.24) is 4.57 Å². The summed E-state index contributed by atoms with van der Waals surface area (Å²) in [6, 6.07) is 1.73. The van der Waals surface area contributed by atoms with Gasteiger partial charge in [0.15, 0.2) is 0 Å². The van der Waals surface area contributed by atoms with Crippen LogP contribution in [0.5, 0.6) is 0 Å². The molecule has 15 heavy (non-hydrogen) atoms. The molecule has 2 nitrogen and oxygen atoms in total. The zero-order valence-corrected chi connectivity index (χ0v) is 8.72. The number of aromatic nitrogens is 1. The lowest BCUT2D eigenvalue weighted by molar-refractivity contribution is -0.138. The Morgan fingerprint density at radius 1 is 1.13 bits per heavy atom. The first kappa shape index (κ1) is 11.8. The maximum absolute atomic E-state index is 12.4. The zero-order chi connectivity index (χ0) is 11.9. The van der Waals surface area contributed by atoms with E-state index in [9.17, 15) is 18.0 Å². The van der Waals surface area contributed by atoms with E-state index in [0.29, 0.717) is 0 Å². The SMILES string of the molecule is CC(C)(C)n1cc(C(F)(F)F)ccc1=O. The molecule has 1 aromatic heterocycles. The van der Waals surface area contributed by atoms with E-state index in [0.717, 1.165) is 22.9 Å². The Hall–Kier alpha value is -1.26. The van der Waals surface area contributed by atoms with Crippen LogP contribution in [0.25, 0.3) is 0 Å². The average molecular weight is 219 g/mol. The molecule has 0 N–H and O–H groups in total. The highest BCUT2D eigenvalue weighted by atomic mass is 19.4. The van der Waals surface area contributed by atoms with E-state index >= 15 is 0 Å². The molecule has 5 heteroatoms. The van der Waals surface area contributed by atoms with E-state index in [2.05, 4.69) is 0 Å². The van der Waals surface area contributed by atoms with Gasteiger partial charge in [-0.3, -0.25) is 4.79 Å². The number of alkyl halides is 3. The minimum atomic E-state index is -4.42. The second-order valence-corrected chi connectivity index (χ2v) is 4.29. The van der Waals surface area contributed by atoms with Crippen LogP contribution in [0.4, 0.5) is 13.2 Å². The smallest absolute Gasteiger partial charge is 0.310 e. The van der Waals surface area contributed by atoms with Gasteiger partial charge in [-0.25, -0.2) is 0 Å². The third-order valence-electron chi connectivity index (χ3n) is 1.96. The van der Waals surface area contributed by atoms with Gasteiger partial charge >= 0.3 is 6.18 Å². The lowest BCUT2D eigenvalue weighted by atomic mass is 10.1. The highest BCUT2D eigenvalue weighted by Crippen LogP contribution is 2.28. The summed E-state index contributed by atoms with van der Waals surface area (Å²) < 4.78 is 38.2. The summed E-state index contributed by atoms with van der Waals surface area (Å²) >= 11 is 0. The molecule has 0 aliphatic rings. The third kappa shape index (κ3) is 2.61. The predicted molar refractivity (Wildman–Crippen MR) is 50.7 cm³/mol. The quantitative estimate of drug-likeness (QED) is 0.657. The number of rotatable bonds is 0. The van der Waals surface area contributed by atoms with Crippen molar-refractivity contribution in [3.63, 3.8) is 0 Å². The summed E-state index contributed by atoms with van der Waals surface area (Å²) in [4.78, 5) is 11.3. The fraction of sp³-hybridized carbons (Fsp3) is 0.500. The molecule has 0 saturated heterocycles. The van der Waals surface area contributed by atoms with Gasteiger partial charge in [0.05, 0.1) is 5.56 Å². The zero-order valence-electron chi connectivity index (χ0n) is 8.72. The van der Waals surface area contributed by atoms with Gasteiger partial charge in [0.25, 0.3) is 5.56 Å². The van der Waals surface area contributed by atoms with E-state index in [1.807, 2.05) is 0 Å². The van der Waals surface area contributed by atoms with Gasteiger partial charge in [-0.05, 0) is 26.8 Å². The van der Waals surface area contributed by atoms with Crippen molar-refractivity contribution in [2.75, 3.05) is 0 Å². The minimum Gasteiger partial charge on any atom is -0.310 e. The molecule has 0 radical (unpaired) electrons. The van der Waals surface area contributed by atoms with Crippen LogP contribution in [0.1, 0.15) is 26.3 Å². The molecule has 0 spiro atoms. The summed E-state index contributed by atoms with van der Waals surface area (Å²) in [6.45, 7) is 5.03. The molecule has 0 atom stereocenters. The fourth-order valence-electron chi connectivity index (χ4n) is 1.18. The van der Waals surface area contributed by atoms with Crippen molar-refractivity contribution in [3.05, 3.63) is 34.2 Å². The van der Waals surface area contributed by atoms with Crippen molar-refractivity contribution in [2.24, 2.45) is 0 Å². The minimum absolute atomic E-state index is 0.435. The Morgan fingerprint density at radius 3 is 2.07 bits per heavy atom. The maximum atomic E-state index is 12.4. The van der Waals surface area contributed by atoms with Crippen LogP contribution >= 0.6 is 0 Å². The molecular weight excluding hydrogens is 207 g/mol. The van der Waals surface area contributed by atoms with Gasteiger partial charge < -0.3 is 4.57 Å². The standard InChI is InChI=1S/C10H12F3NO/c1-9(2,3)14-6-7(10(11,12)13)4-5-8(14)15/h4-6H,1-3H3. The van der Waals surface area contributed by atoms with Gasteiger partial charge in [0.1, 0.15) is 0 Å². The number of halogens is 3. The lowest BCUT2D eigenvalue weighted by Gasteiger charge is -2.23. The van der Waals surface area contributed by atoms with Gasteiger partial charge in [-0.15, -0.1) is 0 Å². The Balaban J connectivity index is 3.37. The Morgan fingerprint density at radius 2 is 1.67 bits per heavy atom. The molecular formula is C10H12F3NO. The Kier molecular flexibility index (Phi) is 2.67. The fourth-order valence-corrected chi connectivity index (χ4v) is 1.18. The first-order valence-corrected chi connectivity index (χ1v) is 4.43. The Bertz CT molecular complexity index is 412. The molecule has 0 aromatic carbocycles. The van der Waals surface area contributed by atoms with Gasteiger partial charge in [-0.1, -0.05) is 0 Å². The van der Waals surface area contributed by atoms with E-state index in [4.69, 9.17) is 0 Å². The molecule has 0 fully saturated rings. The number of pyridine rings is 1. The second-order valence-electron chi connectivity index (χ2n) is 4.29. The topological polar surface area (TPSA) is 22.0 Å². The summed E-state index contributed by atoms with van der Waals surface area (Å²) in [6.07, 6.45) is -3.57. The first-order chi connectivity index (χ1) is 6.62. The molecule has 0 aliphatic heterocycles. The largest absolute Gasteiger partial charge is 0.417 e. The van der Waals surface area contributed by atoms with Crippen molar-refractivity contribution < 1.29 is 13.2 Å². The molecule has 0 amide bonds. The van der Waals surface area contributed by atoms with Crippen LogP contribution in [0.3, 0.4) is 0 Å². The van der Waals surface area contributed by atoms with Crippen LogP contribution in [-0.4, -0.2) is 4.57 Å². The van der Waals surface area contributed by atoms with Gasteiger partial charge in [-0.2, -0.15) is 13.2 Å². The molecule has 1 rings (SSSR count). The molecule has 0 bridgehead atoms. The third-order valence-corrected chi connectivity index (χ3v) is 1.96. The normalized spacial score (nSPS) is 12.9. The van der Waals surface area contributed by atoms with Gasteiger partial charge in [0, 0.05) is 17.8 Å². The van der Waals surface area contributed by atoms with E-state index in [-0.39, 0.29) is 0 Å². The summed E-state index contributed by atoms with van der Waals surface area (Å²) in [5, 5.41) is 0. The predicted octanol–water partition coefficient (Wildman–Crippen LogP) is 2.62. The number of hydrogen-bond acceptors (Lipinski definition) is 1. The summed E-state index contributed by atoms with van der Waals surface area (Å²) in [5.41, 5.74) is -1.90. The van der Waals surface area contributed by atoms with Crippen LogP contribution in [-0.2, 0) is 11.7 Å². The highest BCUT2D eigenvalue weighted by Gasteiger charge is 2.32. The lowest BCUT2D eigenvalue weighted by Crippen LogP contribution is -2.33. The second kappa shape index (κ2) is 3.40. The van der Waals surface area contributed by atoms with Crippen LogP contribution in [0, 0.1) is 0 Å². The average Bonchev–Trinajstić information content (AvgIpc) is 2.00. The van der Waals surface area contributed by atoms with E-state index in [1.54, 1.807) is 20.8 Å². The van der Waals surface area contributed by atoms with Crippen LogP contribution in [0.15, 0.2) is 23.1 Å². The summed E-state index contributed by atoms with van der Waals surface area (Å²) in [7, 11) is 0. The molecule has 1 aromatic rings. The maximum Gasteiger partial charge on any atom is 0.417 e. The monoisotopic (exact) mass is 219 g/mol. The van der Waals surface area contributed by atoms with E-state index < -0.39 is 22.8 Å². The molecule has 0 unspecified atom stereocenters.